The third-order valence-electron chi connectivity index (χ3n) is 3.28. The van der Waals surface area contributed by atoms with Crippen LogP contribution < -0.4 is 5.32 Å². The van der Waals surface area contributed by atoms with Crippen molar-refractivity contribution in [2.45, 2.75) is 6.54 Å². The van der Waals surface area contributed by atoms with Crippen LogP contribution >= 0.6 is 11.6 Å². The van der Waals surface area contributed by atoms with Gasteiger partial charge in [-0.05, 0) is 34.5 Å². The monoisotopic (exact) mass is 285 g/mol. The summed E-state index contributed by atoms with van der Waals surface area (Å²) >= 11 is 5.78. The van der Waals surface area contributed by atoms with E-state index in [1.165, 1.54) is 22.4 Å². The van der Waals surface area contributed by atoms with Crippen molar-refractivity contribution in [3.05, 3.63) is 77.1 Å². The van der Waals surface area contributed by atoms with E-state index in [0.29, 0.717) is 6.54 Å². The lowest BCUT2D eigenvalue weighted by Crippen LogP contribution is -2.00. The zero-order valence-electron chi connectivity index (χ0n) is 10.7. The van der Waals surface area contributed by atoms with Gasteiger partial charge in [0.15, 0.2) is 0 Å². The molecule has 20 heavy (non-hydrogen) atoms. The van der Waals surface area contributed by atoms with Crippen LogP contribution in [0.15, 0.2) is 60.7 Å². The van der Waals surface area contributed by atoms with Crippen molar-refractivity contribution in [2.24, 2.45) is 0 Å². The Morgan fingerprint density at radius 2 is 1.75 bits per heavy atom. The average molecular weight is 286 g/mol. The standard InChI is InChI=1S/C17H13ClFN/c18-16-10-14(8-9-17(16)19)20-11-13-6-3-5-12-4-1-2-7-15(12)13/h1-10,20H,11H2. The fourth-order valence-electron chi connectivity index (χ4n) is 2.25. The highest BCUT2D eigenvalue weighted by atomic mass is 35.5. The maximum Gasteiger partial charge on any atom is 0.141 e. The van der Waals surface area contributed by atoms with E-state index in [4.69, 9.17) is 11.6 Å². The van der Waals surface area contributed by atoms with Gasteiger partial charge in [0.2, 0.25) is 0 Å². The number of rotatable bonds is 3. The number of hydrogen-bond acceptors (Lipinski definition) is 1. The fourth-order valence-corrected chi connectivity index (χ4v) is 2.43. The van der Waals surface area contributed by atoms with Crippen molar-refractivity contribution in [3.8, 4) is 0 Å². The molecule has 0 aliphatic rings. The highest BCUT2D eigenvalue weighted by Gasteiger charge is 2.02. The first kappa shape index (κ1) is 12.9. The Hall–Kier alpha value is -2.06. The summed E-state index contributed by atoms with van der Waals surface area (Å²) in [5.74, 6) is -0.401. The largest absolute Gasteiger partial charge is 0.381 e. The second-order valence-corrected chi connectivity index (χ2v) is 5.03. The minimum Gasteiger partial charge on any atom is -0.381 e. The van der Waals surface area contributed by atoms with Crippen LogP contribution in [0.3, 0.4) is 0 Å². The third-order valence-corrected chi connectivity index (χ3v) is 3.57. The van der Waals surface area contributed by atoms with Crippen molar-refractivity contribution < 1.29 is 4.39 Å². The third kappa shape index (κ3) is 2.61. The van der Waals surface area contributed by atoms with Gasteiger partial charge in [-0.1, -0.05) is 54.1 Å². The summed E-state index contributed by atoms with van der Waals surface area (Å²) in [6.07, 6.45) is 0. The zero-order chi connectivity index (χ0) is 13.9. The average Bonchev–Trinajstić information content (AvgIpc) is 2.48. The molecule has 0 saturated heterocycles. The molecule has 0 spiro atoms. The van der Waals surface area contributed by atoms with Gasteiger partial charge in [0.1, 0.15) is 5.82 Å². The van der Waals surface area contributed by atoms with Crippen molar-refractivity contribution in [1.29, 1.82) is 0 Å². The molecule has 1 N–H and O–H groups in total. The summed E-state index contributed by atoms with van der Waals surface area (Å²) in [5.41, 5.74) is 2.01. The molecule has 0 atom stereocenters. The smallest absolute Gasteiger partial charge is 0.141 e. The quantitative estimate of drug-likeness (QED) is 0.693. The first-order valence-corrected chi connectivity index (χ1v) is 6.77. The number of benzene rings is 3. The predicted molar refractivity (Wildman–Crippen MR) is 82.7 cm³/mol. The normalized spacial score (nSPS) is 10.7. The molecule has 3 heteroatoms. The van der Waals surface area contributed by atoms with Gasteiger partial charge in [-0.3, -0.25) is 0 Å². The Kier molecular flexibility index (Phi) is 3.57. The van der Waals surface area contributed by atoms with E-state index in [1.54, 1.807) is 12.1 Å². The van der Waals surface area contributed by atoms with E-state index >= 15 is 0 Å². The van der Waals surface area contributed by atoms with E-state index in [2.05, 4.69) is 29.6 Å². The first-order chi connectivity index (χ1) is 9.74. The Morgan fingerprint density at radius 1 is 0.950 bits per heavy atom. The molecule has 0 amide bonds. The summed E-state index contributed by atoms with van der Waals surface area (Å²) in [6, 6.07) is 19.1. The molecule has 0 aromatic heterocycles. The van der Waals surface area contributed by atoms with Crippen LogP contribution in [0.1, 0.15) is 5.56 Å². The van der Waals surface area contributed by atoms with Gasteiger partial charge in [-0.2, -0.15) is 0 Å². The zero-order valence-corrected chi connectivity index (χ0v) is 11.5. The molecule has 3 aromatic rings. The van der Waals surface area contributed by atoms with E-state index < -0.39 is 5.82 Å². The molecule has 0 saturated carbocycles. The molecular weight excluding hydrogens is 273 g/mol. The molecular formula is C17H13ClFN. The van der Waals surface area contributed by atoms with E-state index in [1.807, 2.05) is 18.2 Å². The summed E-state index contributed by atoms with van der Waals surface area (Å²) in [6.45, 7) is 0.670. The maximum absolute atomic E-state index is 13.1. The molecule has 100 valence electrons. The van der Waals surface area contributed by atoms with Gasteiger partial charge in [0.25, 0.3) is 0 Å². The number of fused-ring (bicyclic) bond motifs is 1. The van der Waals surface area contributed by atoms with Crippen LogP contribution in [0.5, 0.6) is 0 Å². The van der Waals surface area contributed by atoms with Crippen molar-refractivity contribution >= 4 is 28.1 Å². The van der Waals surface area contributed by atoms with Crippen LogP contribution in [0, 0.1) is 5.82 Å². The lowest BCUT2D eigenvalue weighted by Gasteiger charge is -2.10. The van der Waals surface area contributed by atoms with Gasteiger partial charge in [-0.25, -0.2) is 4.39 Å². The Labute approximate surface area is 122 Å². The summed E-state index contributed by atoms with van der Waals surface area (Å²) < 4.78 is 13.1. The minimum atomic E-state index is -0.401. The molecule has 3 rings (SSSR count). The Bertz CT molecular complexity index is 750. The maximum atomic E-state index is 13.1. The molecule has 1 nitrogen and oxygen atoms in total. The molecule has 0 radical (unpaired) electrons. The number of hydrogen-bond donors (Lipinski definition) is 1. The van der Waals surface area contributed by atoms with Gasteiger partial charge in [-0.15, -0.1) is 0 Å². The van der Waals surface area contributed by atoms with Crippen LogP contribution in [0.2, 0.25) is 5.02 Å². The van der Waals surface area contributed by atoms with Crippen LogP contribution in [0.4, 0.5) is 10.1 Å². The molecule has 0 aliphatic heterocycles. The molecule has 3 aromatic carbocycles. The second kappa shape index (κ2) is 5.51. The van der Waals surface area contributed by atoms with Crippen molar-refractivity contribution in [3.63, 3.8) is 0 Å². The van der Waals surface area contributed by atoms with E-state index in [0.717, 1.165) is 5.69 Å². The highest BCUT2D eigenvalue weighted by molar-refractivity contribution is 6.31. The second-order valence-electron chi connectivity index (χ2n) is 4.62. The molecule has 0 bridgehead atoms. The lowest BCUT2D eigenvalue weighted by molar-refractivity contribution is 0.628. The van der Waals surface area contributed by atoms with Gasteiger partial charge < -0.3 is 5.32 Å². The van der Waals surface area contributed by atoms with Crippen LogP contribution in [-0.2, 0) is 6.54 Å². The Balaban J connectivity index is 1.85. The summed E-state index contributed by atoms with van der Waals surface area (Å²) in [4.78, 5) is 0. The number of anilines is 1. The molecule has 0 fully saturated rings. The molecule has 0 heterocycles. The van der Waals surface area contributed by atoms with Gasteiger partial charge in [0.05, 0.1) is 5.02 Å². The van der Waals surface area contributed by atoms with Gasteiger partial charge in [0, 0.05) is 12.2 Å². The summed E-state index contributed by atoms with van der Waals surface area (Å²) in [5, 5.41) is 5.83. The number of nitrogens with one attached hydrogen (secondary N) is 1. The van der Waals surface area contributed by atoms with Crippen molar-refractivity contribution in [1.82, 2.24) is 0 Å². The Morgan fingerprint density at radius 3 is 2.60 bits per heavy atom. The lowest BCUT2D eigenvalue weighted by atomic mass is 10.0. The van der Waals surface area contributed by atoms with Gasteiger partial charge >= 0.3 is 0 Å². The SMILES string of the molecule is Fc1ccc(NCc2cccc3ccccc23)cc1Cl. The van der Waals surface area contributed by atoms with E-state index in [9.17, 15) is 4.39 Å². The summed E-state index contributed by atoms with van der Waals surface area (Å²) in [7, 11) is 0. The first-order valence-electron chi connectivity index (χ1n) is 6.39. The van der Waals surface area contributed by atoms with Crippen LogP contribution in [-0.4, -0.2) is 0 Å². The van der Waals surface area contributed by atoms with E-state index in [-0.39, 0.29) is 5.02 Å². The van der Waals surface area contributed by atoms with Crippen molar-refractivity contribution in [2.75, 3.05) is 5.32 Å². The molecule has 0 unspecified atom stereocenters. The minimum absolute atomic E-state index is 0.132. The topological polar surface area (TPSA) is 12.0 Å². The fraction of sp³-hybridized carbons (Fsp3) is 0.0588. The highest BCUT2D eigenvalue weighted by Crippen LogP contribution is 2.22. The van der Waals surface area contributed by atoms with Crippen LogP contribution in [0.25, 0.3) is 10.8 Å². The molecule has 0 aliphatic carbocycles. The predicted octanol–water partition coefficient (Wildman–Crippen LogP) is 5.24. The number of halogens is 2.